The van der Waals surface area contributed by atoms with E-state index in [4.69, 9.17) is 0 Å². The Bertz CT molecular complexity index is 653. The van der Waals surface area contributed by atoms with Gasteiger partial charge in [-0.15, -0.1) is 10.2 Å². The highest BCUT2D eigenvalue weighted by Crippen LogP contribution is 2.09. The van der Waals surface area contributed by atoms with Gasteiger partial charge in [-0.3, -0.25) is 9.78 Å². The number of nitrogens with zero attached hydrogens (tertiary/aromatic N) is 5. The summed E-state index contributed by atoms with van der Waals surface area (Å²) in [6, 6.07) is 7.41. The monoisotopic (exact) mass is 326 g/mol. The van der Waals surface area contributed by atoms with Gasteiger partial charge in [0.05, 0.1) is 0 Å². The smallest absolute Gasteiger partial charge is 0.274 e. The van der Waals surface area contributed by atoms with E-state index in [1.54, 1.807) is 24.5 Å². The molecular weight excluding hydrogens is 304 g/mol. The fourth-order valence-corrected chi connectivity index (χ4v) is 2.66. The first kappa shape index (κ1) is 16.3. The molecule has 0 aliphatic carbocycles. The van der Waals surface area contributed by atoms with Gasteiger partial charge >= 0.3 is 0 Å². The van der Waals surface area contributed by atoms with Crippen molar-refractivity contribution < 1.29 is 4.79 Å². The Morgan fingerprint density at radius 3 is 2.46 bits per heavy atom. The molecule has 3 heterocycles. The zero-order valence-electron chi connectivity index (χ0n) is 13.9. The maximum atomic E-state index is 12.5. The molecular formula is C17H22N6O. The molecule has 7 heteroatoms. The lowest BCUT2D eigenvalue weighted by molar-refractivity contribution is 0.0636. The Balaban J connectivity index is 1.55. The van der Waals surface area contributed by atoms with E-state index in [0.29, 0.717) is 18.1 Å². The molecule has 1 fully saturated rings. The van der Waals surface area contributed by atoms with Crippen LogP contribution in [0, 0.1) is 0 Å². The van der Waals surface area contributed by atoms with E-state index in [2.05, 4.69) is 32.3 Å². The molecule has 1 aliphatic heterocycles. The van der Waals surface area contributed by atoms with Crippen LogP contribution in [0.25, 0.3) is 0 Å². The minimum absolute atomic E-state index is 0.0427. The zero-order valence-corrected chi connectivity index (χ0v) is 13.9. The molecule has 24 heavy (non-hydrogen) atoms. The molecule has 0 spiro atoms. The van der Waals surface area contributed by atoms with Gasteiger partial charge in [-0.1, -0.05) is 6.92 Å². The van der Waals surface area contributed by atoms with Crippen molar-refractivity contribution in [2.75, 3.05) is 38.0 Å². The highest BCUT2D eigenvalue weighted by molar-refractivity contribution is 5.92. The van der Waals surface area contributed by atoms with Gasteiger partial charge in [0.25, 0.3) is 5.91 Å². The average Bonchev–Trinajstić information content (AvgIpc) is 2.67. The molecule has 1 amide bonds. The average molecular weight is 326 g/mol. The molecule has 126 valence electrons. The second kappa shape index (κ2) is 7.83. The molecule has 3 rings (SSSR count). The Morgan fingerprint density at radius 2 is 1.83 bits per heavy atom. The number of amides is 1. The Labute approximate surface area is 141 Å². The lowest BCUT2D eigenvalue weighted by Gasteiger charge is -2.33. The Hall–Kier alpha value is -2.54. The van der Waals surface area contributed by atoms with Gasteiger partial charge < -0.3 is 15.1 Å². The number of aromatic nitrogens is 3. The predicted molar refractivity (Wildman–Crippen MR) is 91.6 cm³/mol. The maximum absolute atomic E-state index is 12.5. The van der Waals surface area contributed by atoms with Crippen molar-refractivity contribution in [3.63, 3.8) is 0 Å². The molecule has 0 saturated carbocycles. The van der Waals surface area contributed by atoms with Crippen molar-refractivity contribution in [2.24, 2.45) is 0 Å². The van der Waals surface area contributed by atoms with Crippen LogP contribution in [-0.4, -0.2) is 63.6 Å². The third-order valence-corrected chi connectivity index (χ3v) is 4.21. The van der Waals surface area contributed by atoms with Crippen LogP contribution in [0.1, 0.15) is 23.0 Å². The summed E-state index contributed by atoms with van der Waals surface area (Å²) in [5.74, 6) is 0.609. The molecule has 1 saturated heterocycles. The SMILES string of the molecule is CCN1CCN(C(=O)c2ccc(NCc3ccncc3)nn2)CC1. The molecule has 0 bridgehead atoms. The number of rotatable bonds is 5. The number of pyridine rings is 1. The number of anilines is 1. The van der Waals surface area contributed by atoms with Crippen molar-refractivity contribution in [2.45, 2.75) is 13.5 Å². The quantitative estimate of drug-likeness (QED) is 0.892. The van der Waals surface area contributed by atoms with Crippen molar-refractivity contribution in [3.05, 3.63) is 47.9 Å². The fourth-order valence-electron chi connectivity index (χ4n) is 2.66. The fraction of sp³-hybridized carbons (Fsp3) is 0.412. The third kappa shape index (κ3) is 4.05. The van der Waals surface area contributed by atoms with E-state index in [1.807, 2.05) is 17.0 Å². The molecule has 0 aromatic carbocycles. The summed E-state index contributed by atoms with van der Waals surface area (Å²) in [7, 11) is 0. The van der Waals surface area contributed by atoms with Crippen molar-refractivity contribution >= 4 is 11.7 Å². The molecule has 0 atom stereocenters. The summed E-state index contributed by atoms with van der Waals surface area (Å²) in [5.41, 5.74) is 1.51. The standard InChI is InChI=1S/C17H22N6O/c1-2-22-9-11-23(12-10-22)17(24)15-3-4-16(21-20-15)19-13-14-5-7-18-8-6-14/h3-8H,2,9-13H2,1H3,(H,19,21). The number of hydrogen-bond acceptors (Lipinski definition) is 6. The number of nitrogens with one attached hydrogen (secondary N) is 1. The van der Waals surface area contributed by atoms with E-state index < -0.39 is 0 Å². The first-order valence-corrected chi connectivity index (χ1v) is 8.24. The molecule has 1 aliphatic rings. The van der Waals surface area contributed by atoms with Crippen molar-refractivity contribution in [3.8, 4) is 0 Å². The van der Waals surface area contributed by atoms with E-state index >= 15 is 0 Å². The van der Waals surface area contributed by atoms with Crippen molar-refractivity contribution in [1.29, 1.82) is 0 Å². The van der Waals surface area contributed by atoms with Crippen molar-refractivity contribution in [1.82, 2.24) is 25.0 Å². The summed E-state index contributed by atoms with van der Waals surface area (Å²) in [6.45, 7) is 7.14. The predicted octanol–water partition coefficient (Wildman–Crippen LogP) is 1.26. The summed E-state index contributed by atoms with van der Waals surface area (Å²) in [5, 5.41) is 11.4. The molecule has 7 nitrogen and oxygen atoms in total. The van der Waals surface area contributed by atoms with Crippen LogP contribution in [-0.2, 0) is 6.54 Å². The first-order valence-electron chi connectivity index (χ1n) is 8.24. The Kier molecular flexibility index (Phi) is 5.32. The lowest BCUT2D eigenvalue weighted by Crippen LogP contribution is -2.48. The van der Waals surface area contributed by atoms with Crippen LogP contribution in [0.4, 0.5) is 5.82 Å². The molecule has 2 aromatic rings. The van der Waals surface area contributed by atoms with Gasteiger partial charge in [-0.2, -0.15) is 0 Å². The number of piperazine rings is 1. The molecule has 1 N–H and O–H groups in total. The van der Waals surface area contributed by atoms with Crippen LogP contribution in [0.2, 0.25) is 0 Å². The van der Waals surface area contributed by atoms with Crippen LogP contribution in [0.3, 0.4) is 0 Å². The third-order valence-electron chi connectivity index (χ3n) is 4.21. The largest absolute Gasteiger partial charge is 0.365 e. The van der Waals surface area contributed by atoms with Gasteiger partial charge in [0.1, 0.15) is 5.82 Å². The van der Waals surface area contributed by atoms with Gasteiger partial charge in [0, 0.05) is 45.1 Å². The Morgan fingerprint density at radius 1 is 1.08 bits per heavy atom. The van der Waals surface area contributed by atoms with E-state index in [-0.39, 0.29) is 5.91 Å². The molecule has 0 unspecified atom stereocenters. The topological polar surface area (TPSA) is 74.2 Å². The van der Waals surface area contributed by atoms with Crippen LogP contribution >= 0.6 is 0 Å². The first-order chi connectivity index (χ1) is 11.8. The molecule has 0 radical (unpaired) electrons. The maximum Gasteiger partial charge on any atom is 0.274 e. The van der Waals surface area contributed by atoms with Gasteiger partial charge in [0.2, 0.25) is 0 Å². The minimum atomic E-state index is -0.0427. The number of carbonyl (C=O) groups is 1. The van der Waals surface area contributed by atoms with Gasteiger partial charge in [0.15, 0.2) is 5.69 Å². The van der Waals surface area contributed by atoms with Gasteiger partial charge in [-0.25, -0.2) is 0 Å². The number of carbonyl (C=O) groups excluding carboxylic acids is 1. The summed E-state index contributed by atoms with van der Waals surface area (Å²) < 4.78 is 0. The zero-order chi connectivity index (χ0) is 16.8. The summed E-state index contributed by atoms with van der Waals surface area (Å²) in [6.07, 6.45) is 3.51. The number of hydrogen-bond donors (Lipinski definition) is 1. The highest BCUT2D eigenvalue weighted by Gasteiger charge is 2.22. The second-order valence-electron chi connectivity index (χ2n) is 5.74. The van der Waals surface area contributed by atoms with Gasteiger partial charge in [-0.05, 0) is 36.4 Å². The number of likely N-dealkylation sites (N-methyl/N-ethyl adjacent to an activating group) is 1. The summed E-state index contributed by atoms with van der Waals surface area (Å²) in [4.78, 5) is 20.6. The van der Waals surface area contributed by atoms with E-state index in [1.165, 1.54) is 0 Å². The van der Waals surface area contributed by atoms with Crippen LogP contribution in [0.5, 0.6) is 0 Å². The van der Waals surface area contributed by atoms with E-state index in [9.17, 15) is 4.79 Å². The highest BCUT2D eigenvalue weighted by atomic mass is 16.2. The molecule has 2 aromatic heterocycles. The lowest BCUT2D eigenvalue weighted by atomic mass is 10.2. The van der Waals surface area contributed by atoms with E-state index in [0.717, 1.165) is 38.3 Å². The summed E-state index contributed by atoms with van der Waals surface area (Å²) >= 11 is 0. The van der Waals surface area contributed by atoms with Crippen LogP contribution in [0.15, 0.2) is 36.7 Å². The van der Waals surface area contributed by atoms with Crippen LogP contribution < -0.4 is 5.32 Å². The normalized spacial score (nSPS) is 15.3. The second-order valence-corrected chi connectivity index (χ2v) is 5.74. The minimum Gasteiger partial charge on any atom is -0.365 e.